The summed E-state index contributed by atoms with van der Waals surface area (Å²) < 4.78 is 0. The molecular weight excluding hydrogens is 350 g/mol. The van der Waals surface area contributed by atoms with Gasteiger partial charge in [0.2, 0.25) is 5.12 Å². The summed E-state index contributed by atoms with van der Waals surface area (Å²) in [5.74, 6) is 0. The zero-order valence-corrected chi connectivity index (χ0v) is 14.6. The first-order chi connectivity index (χ1) is 12.6. The van der Waals surface area contributed by atoms with Gasteiger partial charge in [0.25, 0.3) is 0 Å². The SMILES string of the molecule is NC(=O)NCC(=O)SC1N=NN=CC1(c1ccccc1)c1ccccc1. The van der Waals surface area contributed by atoms with Crippen LogP contribution in [-0.2, 0) is 10.2 Å². The summed E-state index contributed by atoms with van der Waals surface area (Å²) in [6.45, 7) is -0.178. The molecule has 8 heteroatoms. The molecule has 0 radical (unpaired) electrons. The first-order valence-electron chi connectivity index (χ1n) is 7.91. The van der Waals surface area contributed by atoms with Crippen LogP contribution < -0.4 is 11.1 Å². The highest BCUT2D eigenvalue weighted by Crippen LogP contribution is 2.42. The zero-order valence-electron chi connectivity index (χ0n) is 13.8. The molecule has 0 aliphatic carbocycles. The molecule has 1 unspecified atom stereocenters. The van der Waals surface area contributed by atoms with Gasteiger partial charge in [-0.25, -0.2) is 4.79 Å². The summed E-state index contributed by atoms with van der Waals surface area (Å²) in [6.07, 6.45) is 1.72. The van der Waals surface area contributed by atoms with Gasteiger partial charge in [-0.15, -0.1) is 5.10 Å². The fourth-order valence-corrected chi connectivity index (χ4v) is 3.83. The molecule has 132 valence electrons. The number of nitrogens with two attached hydrogens (primary N) is 1. The normalized spacial score (nSPS) is 17.6. The molecule has 0 bridgehead atoms. The fourth-order valence-electron chi connectivity index (χ4n) is 2.82. The number of rotatable bonds is 5. The second kappa shape index (κ2) is 7.92. The molecule has 1 heterocycles. The zero-order chi connectivity index (χ0) is 18.4. The predicted octanol–water partition coefficient (Wildman–Crippen LogP) is 2.68. The van der Waals surface area contributed by atoms with E-state index in [9.17, 15) is 9.59 Å². The fraction of sp³-hybridized carbons (Fsp3) is 0.167. The third-order valence-electron chi connectivity index (χ3n) is 4.01. The molecule has 26 heavy (non-hydrogen) atoms. The lowest BCUT2D eigenvalue weighted by molar-refractivity contribution is -0.110. The van der Waals surface area contributed by atoms with E-state index in [-0.39, 0.29) is 11.7 Å². The van der Waals surface area contributed by atoms with E-state index >= 15 is 0 Å². The van der Waals surface area contributed by atoms with Crippen molar-refractivity contribution in [1.29, 1.82) is 0 Å². The molecule has 0 fully saturated rings. The molecule has 0 saturated heterocycles. The molecule has 7 nitrogen and oxygen atoms in total. The van der Waals surface area contributed by atoms with Crippen LogP contribution in [0.3, 0.4) is 0 Å². The Bertz CT molecular complexity index is 800. The monoisotopic (exact) mass is 367 g/mol. The standard InChI is InChI=1S/C18H17N5O2S/c19-17(25)20-11-15(24)26-16-18(12-21-23-22-16,13-7-3-1-4-8-13)14-9-5-2-6-10-14/h1-10,12,16H,11H2,(H3,19,20,25). The molecule has 0 aromatic heterocycles. The Morgan fingerprint density at radius 3 is 2.15 bits per heavy atom. The lowest BCUT2D eigenvalue weighted by Gasteiger charge is -2.36. The van der Waals surface area contributed by atoms with Gasteiger partial charge in [0.1, 0.15) is 5.37 Å². The van der Waals surface area contributed by atoms with Gasteiger partial charge >= 0.3 is 6.03 Å². The minimum absolute atomic E-state index is 0.178. The van der Waals surface area contributed by atoms with Crippen LogP contribution in [0.1, 0.15) is 11.1 Å². The lowest BCUT2D eigenvalue weighted by atomic mass is 9.75. The summed E-state index contributed by atoms with van der Waals surface area (Å²) in [5, 5.41) is 13.5. The number of benzene rings is 2. The summed E-state index contributed by atoms with van der Waals surface area (Å²) in [6, 6.07) is 18.7. The van der Waals surface area contributed by atoms with Crippen molar-refractivity contribution in [3.63, 3.8) is 0 Å². The van der Waals surface area contributed by atoms with Crippen molar-refractivity contribution in [1.82, 2.24) is 5.32 Å². The molecule has 3 rings (SSSR count). The van der Waals surface area contributed by atoms with Crippen molar-refractivity contribution in [2.75, 3.05) is 6.54 Å². The van der Waals surface area contributed by atoms with Crippen LogP contribution in [0, 0.1) is 0 Å². The molecule has 1 atom stereocenters. The van der Waals surface area contributed by atoms with E-state index in [1.165, 1.54) is 0 Å². The van der Waals surface area contributed by atoms with Crippen LogP contribution in [0.5, 0.6) is 0 Å². The summed E-state index contributed by atoms with van der Waals surface area (Å²) >= 11 is 0.998. The molecule has 2 amide bonds. The maximum absolute atomic E-state index is 12.3. The predicted molar refractivity (Wildman–Crippen MR) is 101 cm³/mol. The summed E-state index contributed by atoms with van der Waals surface area (Å²) in [4.78, 5) is 23.2. The van der Waals surface area contributed by atoms with Gasteiger partial charge in [0.15, 0.2) is 0 Å². The maximum Gasteiger partial charge on any atom is 0.312 e. The Kier molecular flexibility index (Phi) is 5.43. The van der Waals surface area contributed by atoms with Gasteiger partial charge in [-0.05, 0) is 16.4 Å². The molecule has 0 spiro atoms. The number of nitrogens with zero attached hydrogens (tertiary/aromatic N) is 3. The quantitative estimate of drug-likeness (QED) is 0.848. The number of hydrogen-bond acceptors (Lipinski definition) is 6. The molecule has 3 N–H and O–H groups in total. The lowest BCUT2D eigenvalue weighted by Crippen LogP contribution is -2.42. The van der Waals surface area contributed by atoms with Crippen LogP contribution in [0.25, 0.3) is 0 Å². The average Bonchev–Trinajstić information content (AvgIpc) is 2.68. The Balaban J connectivity index is 2.01. The number of carbonyl (C=O) groups is 2. The number of carbonyl (C=O) groups excluding carboxylic acids is 2. The minimum atomic E-state index is -0.753. The van der Waals surface area contributed by atoms with E-state index in [2.05, 4.69) is 20.8 Å². The molecule has 2 aromatic rings. The topological polar surface area (TPSA) is 109 Å². The van der Waals surface area contributed by atoms with Gasteiger partial charge in [-0.3, -0.25) is 4.79 Å². The highest BCUT2D eigenvalue weighted by Gasteiger charge is 2.44. The number of primary amides is 1. The maximum atomic E-state index is 12.3. The van der Waals surface area contributed by atoms with Gasteiger partial charge in [-0.2, -0.15) is 5.11 Å². The largest absolute Gasteiger partial charge is 0.352 e. The van der Waals surface area contributed by atoms with E-state index < -0.39 is 16.8 Å². The van der Waals surface area contributed by atoms with Crippen molar-refractivity contribution in [2.45, 2.75) is 10.8 Å². The van der Waals surface area contributed by atoms with Crippen molar-refractivity contribution in [3.05, 3.63) is 71.8 Å². The van der Waals surface area contributed by atoms with Crippen molar-refractivity contribution in [3.8, 4) is 0 Å². The van der Waals surface area contributed by atoms with Crippen molar-refractivity contribution in [2.24, 2.45) is 21.2 Å². The van der Waals surface area contributed by atoms with Gasteiger partial charge < -0.3 is 11.1 Å². The van der Waals surface area contributed by atoms with E-state index in [4.69, 9.17) is 5.73 Å². The first kappa shape index (κ1) is 17.8. The third kappa shape index (κ3) is 3.65. The molecular formula is C18H17N5O2S. The van der Waals surface area contributed by atoms with Crippen LogP contribution in [-0.4, -0.2) is 29.3 Å². The van der Waals surface area contributed by atoms with E-state index in [0.717, 1.165) is 22.9 Å². The number of urea groups is 1. The Morgan fingerprint density at radius 1 is 1.04 bits per heavy atom. The molecule has 1 aliphatic rings. The second-order valence-corrected chi connectivity index (χ2v) is 6.75. The van der Waals surface area contributed by atoms with Crippen LogP contribution in [0.4, 0.5) is 4.79 Å². The third-order valence-corrected chi connectivity index (χ3v) is 5.11. The number of nitrogens with one attached hydrogen (secondary N) is 1. The minimum Gasteiger partial charge on any atom is -0.352 e. The number of thioether (sulfide) groups is 1. The second-order valence-electron chi connectivity index (χ2n) is 5.61. The van der Waals surface area contributed by atoms with E-state index in [1.807, 2.05) is 60.7 Å². The number of hydrogen-bond donors (Lipinski definition) is 2. The van der Waals surface area contributed by atoms with Crippen LogP contribution in [0.2, 0.25) is 0 Å². The Hall–Kier alpha value is -3.00. The average molecular weight is 367 g/mol. The van der Waals surface area contributed by atoms with Crippen LogP contribution >= 0.6 is 11.8 Å². The van der Waals surface area contributed by atoms with Crippen molar-refractivity contribution >= 4 is 29.1 Å². The van der Waals surface area contributed by atoms with Gasteiger partial charge in [0, 0.05) is 6.21 Å². The molecule has 2 aromatic carbocycles. The Labute approximate surface area is 154 Å². The van der Waals surface area contributed by atoms with Crippen molar-refractivity contribution < 1.29 is 9.59 Å². The van der Waals surface area contributed by atoms with E-state index in [0.29, 0.717) is 0 Å². The summed E-state index contributed by atoms with van der Waals surface area (Å²) in [5.41, 5.74) is 6.17. The highest BCUT2D eigenvalue weighted by atomic mass is 32.2. The highest BCUT2D eigenvalue weighted by molar-refractivity contribution is 8.14. The summed E-state index contributed by atoms with van der Waals surface area (Å²) in [7, 11) is 0. The Morgan fingerprint density at radius 2 is 1.62 bits per heavy atom. The van der Waals surface area contributed by atoms with Gasteiger partial charge in [-0.1, -0.05) is 72.4 Å². The number of amides is 2. The smallest absolute Gasteiger partial charge is 0.312 e. The molecule has 1 aliphatic heterocycles. The van der Waals surface area contributed by atoms with Gasteiger partial charge in [0.05, 0.1) is 12.0 Å². The first-order valence-corrected chi connectivity index (χ1v) is 8.79. The van der Waals surface area contributed by atoms with Crippen LogP contribution in [0.15, 0.2) is 76.1 Å². The van der Waals surface area contributed by atoms with E-state index in [1.54, 1.807) is 6.21 Å². The molecule has 0 saturated carbocycles.